The molecule has 6 nitrogen and oxygen atoms in total. The number of benzene rings is 2. The number of hydrogen-bond acceptors (Lipinski definition) is 4. The number of amides is 2. The van der Waals surface area contributed by atoms with E-state index in [-0.39, 0.29) is 24.3 Å². The molecule has 2 aromatic carbocycles. The number of esters is 1. The van der Waals surface area contributed by atoms with Crippen LogP contribution in [0.15, 0.2) is 48.5 Å². The van der Waals surface area contributed by atoms with Crippen LogP contribution >= 0.6 is 22.6 Å². The highest BCUT2D eigenvalue weighted by Gasteiger charge is 2.11. The highest BCUT2D eigenvalue weighted by Crippen LogP contribution is 2.16. The van der Waals surface area contributed by atoms with E-state index in [9.17, 15) is 14.4 Å². The molecule has 0 unspecified atom stereocenters. The first-order chi connectivity index (χ1) is 11.5. The monoisotopic (exact) mass is 438 g/mol. The minimum absolute atomic E-state index is 0.136. The maximum absolute atomic E-state index is 12.0. The average Bonchev–Trinajstić information content (AvgIpc) is 2.55. The van der Waals surface area contributed by atoms with Crippen LogP contribution in [-0.4, -0.2) is 24.3 Å². The third kappa shape index (κ3) is 5.34. The fourth-order valence-corrected chi connectivity index (χ4v) is 2.51. The van der Waals surface area contributed by atoms with Crippen molar-refractivity contribution in [2.75, 3.05) is 6.54 Å². The summed E-state index contributed by atoms with van der Waals surface area (Å²) in [4.78, 5) is 34.6. The van der Waals surface area contributed by atoms with Crippen LogP contribution in [0.3, 0.4) is 0 Å². The minimum atomic E-state index is -0.636. The van der Waals surface area contributed by atoms with E-state index in [2.05, 4.69) is 27.9 Å². The molecule has 0 radical (unpaired) electrons. The predicted molar refractivity (Wildman–Crippen MR) is 96.5 cm³/mol. The summed E-state index contributed by atoms with van der Waals surface area (Å²) in [5.41, 5.74) is 6.12. The van der Waals surface area contributed by atoms with E-state index in [0.717, 1.165) is 9.13 Å². The van der Waals surface area contributed by atoms with Gasteiger partial charge in [0.2, 0.25) is 5.91 Å². The summed E-state index contributed by atoms with van der Waals surface area (Å²) in [6.45, 7) is -0.255. The van der Waals surface area contributed by atoms with Gasteiger partial charge in [0.1, 0.15) is 5.75 Å². The molecule has 124 valence electrons. The number of nitrogens with two attached hydrogens (primary N) is 1. The van der Waals surface area contributed by atoms with E-state index in [1.165, 1.54) is 6.07 Å². The average molecular weight is 438 g/mol. The van der Waals surface area contributed by atoms with Gasteiger partial charge < -0.3 is 15.8 Å². The molecule has 0 heterocycles. The Morgan fingerprint density at radius 1 is 1.08 bits per heavy atom. The molecule has 0 aliphatic rings. The second-order valence-corrected chi connectivity index (χ2v) is 6.08. The van der Waals surface area contributed by atoms with Gasteiger partial charge in [-0.2, -0.15) is 0 Å². The Morgan fingerprint density at radius 3 is 2.54 bits per heavy atom. The fourth-order valence-electron chi connectivity index (χ4n) is 1.94. The zero-order chi connectivity index (χ0) is 17.5. The van der Waals surface area contributed by atoms with Crippen LogP contribution < -0.4 is 15.8 Å². The van der Waals surface area contributed by atoms with Crippen molar-refractivity contribution in [1.29, 1.82) is 0 Å². The SMILES string of the molecule is NC(=O)CNC(=O)c1cccc(OC(=O)Cc2ccccc2I)c1. The quantitative estimate of drug-likeness (QED) is 0.407. The minimum Gasteiger partial charge on any atom is -0.426 e. The molecule has 2 rings (SSSR count). The second kappa shape index (κ2) is 8.44. The highest BCUT2D eigenvalue weighted by molar-refractivity contribution is 14.1. The first-order valence-electron chi connectivity index (χ1n) is 7.06. The lowest BCUT2D eigenvalue weighted by Crippen LogP contribution is -2.33. The third-order valence-corrected chi connectivity index (χ3v) is 4.10. The van der Waals surface area contributed by atoms with Crippen molar-refractivity contribution in [2.24, 2.45) is 5.73 Å². The Bertz CT molecular complexity index is 777. The zero-order valence-corrected chi connectivity index (χ0v) is 14.8. The molecule has 0 aromatic heterocycles. The van der Waals surface area contributed by atoms with Crippen molar-refractivity contribution in [3.05, 3.63) is 63.2 Å². The Morgan fingerprint density at radius 2 is 1.83 bits per heavy atom. The molecule has 0 aliphatic carbocycles. The lowest BCUT2D eigenvalue weighted by molar-refractivity contribution is -0.133. The van der Waals surface area contributed by atoms with Gasteiger partial charge in [-0.05, 0) is 52.4 Å². The first kappa shape index (κ1) is 17.9. The third-order valence-electron chi connectivity index (χ3n) is 3.04. The molecule has 2 aromatic rings. The Balaban J connectivity index is 2.01. The number of primary amides is 1. The maximum Gasteiger partial charge on any atom is 0.315 e. The molecule has 0 saturated carbocycles. The van der Waals surface area contributed by atoms with Gasteiger partial charge in [-0.1, -0.05) is 24.3 Å². The van der Waals surface area contributed by atoms with Crippen LogP contribution in [0.5, 0.6) is 5.75 Å². The molecule has 7 heteroatoms. The topological polar surface area (TPSA) is 98.5 Å². The largest absolute Gasteiger partial charge is 0.426 e. The molecule has 0 saturated heterocycles. The molecule has 3 N–H and O–H groups in total. The number of halogens is 1. The summed E-state index contributed by atoms with van der Waals surface area (Å²) in [6.07, 6.45) is 0.136. The normalized spacial score (nSPS) is 10.0. The van der Waals surface area contributed by atoms with Crippen LogP contribution in [0.25, 0.3) is 0 Å². The summed E-state index contributed by atoms with van der Waals surface area (Å²) in [7, 11) is 0. The van der Waals surface area contributed by atoms with Crippen LogP contribution in [-0.2, 0) is 16.0 Å². The summed E-state index contributed by atoms with van der Waals surface area (Å²) in [5.74, 6) is -1.26. The summed E-state index contributed by atoms with van der Waals surface area (Å²) in [5, 5.41) is 2.37. The molecule has 24 heavy (non-hydrogen) atoms. The van der Waals surface area contributed by atoms with Crippen molar-refractivity contribution >= 4 is 40.4 Å². The van der Waals surface area contributed by atoms with Crippen molar-refractivity contribution in [1.82, 2.24) is 5.32 Å². The fraction of sp³-hybridized carbons (Fsp3) is 0.118. The lowest BCUT2D eigenvalue weighted by atomic mass is 10.1. The predicted octanol–water partition coefficient (Wildman–Crippen LogP) is 1.65. The van der Waals surface area contributed by atoms with Crippen molar-refractivity contribution in [3.8, 4) is 5.75 Å². The summed E-state index contributed by atoms with van der Waals surface area (Å²) in [6, 6.07) is 13.7. The van der Waals surface area contributed by atoms with E-state index < -0.39 is 17.8 Å². The van der Waals surface area contributed by atoms with Gasteiger partial charge in [0, 0.05) is 9.13 Å². The van der Waals surface area contributed by atoms with Gasteiger partial charge in [-0.3, -0.25) is 14.4 Å². The summed E-state index contributed by atoms with van der Waals surface area (Å²) >= 11 is 2.15. The first-order valence-corrected chi connectivity index (χ1v) is 8.14. The van der Waals surface area contributed by atoms with Gasteiger partial charge in [-0.25, -0.2) is 0 Å². The Hall–Kier alpha value is -2.42. The number of hydrogen-bond donors (Lipinski definition) is 2. The molecule has 2 amide bonds. The van der Waals surface area contributed by atoms with E-state index in [1.54, 1.807) is 18.2 Å². The molecular formula is C17H15IN2O4. The molecule has 0 spiro atoms. The highest BCUT2D eigenvalue weighted by atomic mass is 127. The molecule has 0 fully saturated rings. The summed E-state index contributed by atoms with van der Waals surface area (Å²) < 4.78 is 6.25. The van der Waals surface area contributed by atoms with Gasteiger partial charge in [0.05, 0.1) is 13.0 Å². The van der Waals surface area contributed by atoms with Gasteiger partial charge in [0.25, 0.3) is 5.91 Å². The van der Waals surface area contributed by atoms with Crippen LogP contribution in [0.1, 0.15) is 15.9 Å². The number of carbonyl (C=O) groups excluding carboxylic acids is 3. The molecule has 0 bridgehead atoms. The Labute approximate surface area is 152 Å². The van der Waals surface area contributed by atoms with Gasteiger partial charge in [-0.15, -0.1) is 0 Å². The molecule has 0 atom stereocenters. The van der Waals surface area contributed by atoms with E-state index in [0.29, 0.717) is 0 Å². The Kier molecular flexibility index (Phi) is 6.30. The van der Waals surface area contributed by atoms with Crippen LogP contribution in [0.4, 0.5) is 0 Å². The zero-order valence-electron chi connectivity index (χ0n) is 12.6. The lowest BCUT2D eigenvalue weighted by Gasteiger charge is -2.08. The van der Waals surface area contributed by atoms with Gasteiger partial charge >= 0.3 is 5.97 Å². The number of ether oxygens (including phenoxy) is 1. The van der Waals surface area contributed by atoms with E-state index >= 15 is 0 Å². The second-order valence-electron chi connectivity index (χ2n) is 4.92. The van der Waals surface area contributed by atoms with Crippen molar-refractivity contribution < 1.29 is 19.1 Å². The number of rotatable bonds is 6. The standard InChI is InChI=1S/C17H15IN2O4/c18-14-7-2-1-4-11(14)9-16(22)24-13-6-3-5-12(8-13)17(23)20-10-15(19)21/h1-8H,9-10H2,(H2,19,21)(H,20,23). The number of nitrogens with one attached hydrogen (secondary N) is 1. The van der Waals surface area contributed by atoms with Gasteiger partial charge in [0.15, 0.2) is 0 Å². The number of carbonyl (C=O) groups is 3. The molecule has 0 aliphatic heterocycles. The van der Waals surface area contributed by atoms with Crippen LogP contribution in [0.2, 0.25) is 0 Å². The van der Waals surface area contributed by atoms with Crippen LogP contribution in [0, 0.1) is 3.57 Å². The van der Waals surface area contributed by atoms with E-state index in [1.807, 2.05) is 24.3 Å². The van der Waals surface area contributed by atoms with Crippen molar-refractivity contribution in [3.63, 3.8) is 0 Å². The molecular weight excluding hydrogens is 423 g/mol. The van der Waals surface area contributed by atoms with Crippen molar-refractivity contribution in [2.45, 2.75) is 6.42 Å². The smallest absolute Gasteiger partial charge is 0.315 e. The van der Waals surface area contributed by atoms with E-state index in [4.69, 9.17) is 10.5 Å². The maximum atomic E-state index is 12.0.